The first kappa shape index (κ1) is 31.0. The number of likely N-dealkylation sites (N-methyl/N-ethyl adjacent to an activating group) is 1. The van der Waals surface area contributed by atoms with Crippen molar-refractivity contribution in [3.05, 3.63) is 84.2 Å². The molecule has 45 heavy (non-hydrogen) atoms. The topological polar surface area (TPSA) is 86.3 Å². The molecule has 4 aromatic rings. The molecule has 0 N–H and O–H groups in total. The molecule has 0 bridgehead atoms. The monoisotopic (exact) mass is 610 g/mol. The van der Waals surface area contributed by atoms with Gasteiger partial charge in [0.05, 0.1) is 18.7 Å². The van der Waals surface area contributed by atoms with E-state index in [1.54, 1.807) is 0 Å². The number of aromatic nitrogens is 2. The lowest BCUT2D eigenvalue weighted by atomic mass is 10.0. The molecule has 9 heteroatoms. The Kier molecular flexibility index (Phi) is 10.5. The average molecular weight is 611 g/mol. The normalized spacial score (nSPS) is 16.5. The number of hydrogen-bond acceptors (Lipinski definition) is 9. The van der Waals surface area contributed by atoms with Gasteiger partial charge < -0.3 is 23.8 Å². The largest absolute Gasteiger partial charge is 0.492 e. The summed E-state index contributed by atoms with van der Waals surface area (Å²) in [7, 11) is 2.16. The zero-order valence-corrected chi connectivity index (χ0v) is 26.0. The zero-order valence-electron chi connectivity index (χ0n) is 26.0. The second kappa shape index (κ2) is 15.3. The SMILES string of the molecule is CN1CCN(CCOc2cc(OC3CCOCC3)c3c(Oc4cccc(CC(=O)CCc5ccccc5)c4)ncnc3c2)CC1. The molecule has 0 unspecified atom stereocenters. The van der Waals surface area contributed by atoms with E-state index in [9.17, 15) is 4.79 Å². The van der Waals surface area contributed by atoms with Crippen LogP contribution in [0, 0.1) is 0 Å². The lowest BCUT2D eigenvalue weighted by molar-refractivity contribution is -0.118. The van der Waals surface area contributed by atoms with Gasteiger partial charge in [0, 0.05) is 70.5 Å². The number of fused-ring (bicyclic) bond motifs is 1. The van der Waals surface area contributed by atoms with Gasteiger partial charge in [-0.2, -0.15) is 0 Å². The highest BCUT2D eigenvalue weighted by Gasteiger charge is 2.21. The van der Waals surface area contributed by atoms with Crippen molar-refractivity contribution in [1.82, 2.24) is 19.8 Å². The number of ketones is 1. The summed E-state index contributed by atoms with van der Waals surface area (Å²) in [5, 5.41) is 0.694. The molecular weight excluding hydrogens is 568 g/mol. The fraction of sp³-hybridized carbons (Fsp3) is 0.417. The second-order valence-electron chi connectivity index (χ2n) is 11.9. The number of piperazine rings is 1. The van der Waals surface area contributed by atoms with Crippen LogP contribution in [0.15, 0.2) is 73.1 Å². The van der Waals surface area contributed by atoms with Crippen LogP contribution in [0.4, 0.5) is 0 Å². The quantitative estimate of drug-likeness (QED) is 0.199. The van der Waals surface area contributed by atoms with Crippen LogP contribution in [-0.2, 0) is 22.4 Å². The van der Waals surface area contributed by atoms with Crippen molar-refractivity contribution in [2.45, 2.75) is 38.2 Å². The fourth-order valence-electron chi connectivity index (χ4n) is 5.77. The van der Waals surface area contributed by atoms with Gasteiger partial charge in [-0.1, -0.05) is 42.5 Å². The predicted octanol–water partition coefficient (Wildman–Crippen LogP) is 5.35. The van der Waals surface area contributed by atoms with Crippen LogP contribution >= 0.6 is 0 Å². The van der Waals surface area contributed by atoms with Crippen LogP contribution in [0.2, 0.25) is 0 Å². The molecule has 2 aliphatic heterocycles. The maximum atomic E-state index is 12.8. The molecule has 1 aromatic heterocycles. The van der Waals surface area contributed by atoms with Crippen molar-refractivity contribution in [1.29, 1.82) is 0 Å². The summed E-state index contributed by atoms with van der Waals surface area (Å²) < 4.78 is 24.7. The third kappa shape index (κ3) is 8.78. The molecule has 0 amide bonds. The molecule has 2 fully saturated rings. The number of carbonyl (C=O) groups is 1. The number of benzene rings is 3. The number of rotatable bonds is 13. The summed E-state index contributed by atoms with van der Waals surface area (Å²) in [6, 6.07) is 21.6. The van der Waals surface area contributed by atoms with Gasteiger partial charge in [0.15, 0.2) is 0 Å². The van der Waals surface area contributed by atoms with Gasteiger partial charge >= 0.3 is 0 Å². The third-order valence-corrected chi connectivity index (χ3v) is 8.42. The van der Waals surface area contributed by atoms with Crippen molar-refractivity contribution in [3.63, 3.8) is 0 Å². The van der Waals surface area contributed by atoms with Crippen molar-refractivity contribution < 1.29 is 23.7 Å². The molecular formula is C36H42N4O5. The van der Waals surface area contributed by atoms with Gasteiger partial charge in [-0.3, -0.25) is 9.69 Å². The van der Waals surface area contributed by atoms with Gasteiger partial charge in [0.2, 0.25) is 5.88 Å². The van der Waals surface area contributed by atoms with Gasteiger partial charge in [-0.05, 0) is 36.7 Å². The predicted molar refractivity (Wildman–Crippen MR) is 173 cm³/mol. The summed E-state index contributed by atoms with van der Waals surface area (Å²) in [4.78, 5) is 26.6. The molecule has 6 rings (SSSR count). The summed E-state index contributed by atoms with van der Waals surface area (Å²) in [6.45, 7) is 7.03. The van der Waals surface area contributed by atoms with Crippen LogP contribution < -0.4 is 14.2 Å². The minimum atomic E-state index is 0.0147. The molecule has 0 aliphatic carbocycles. The van der Waals surface area contributed by atoms with Crippen LogP contribution in [-0.4, -0.2) is 91.2 Å². The van der Waals surface area contributed by atoms with E-state index >= 15 is 0 Å². The van der Waals surface area contributed by atoms with Gasteiger partial charge in [-0.15, -0.1) is 0 Å². The van der Waals surface area contributed by atoms with E-state index in [4.69, 9.17) is 18.9 Å². The summed E-state index contributed by atoms with van der Waals surface area (Å²) in [5.41, 5.74) is 2.76. The molecule has 0 saturated carbocycles. The van der Waals surface area contributed by atoms with E-state index in [-0.39, 0.29) is 11.9 Å². The highest BCUT2D eigenvalue weighted by molar-refractivity contribution is 5.91. The molecule has 3 aromatic carbocycles. The standard InChI is InChI=1S/C36H42N4O5/c1-39-14-16-40(17-15-39)18-21-43-32-24-33-35(34(25-32)44-30-12-19-42-20-13-30)36(38-26-37-33)45-31-9-5-8-28(23-31)22-29(41)11-10-27-6-3-2-4-7-27/h2-9,23-26,30H,10-22H2,1H3. The van der Waals surface area contributed by atoms with Crippen LogP contribution in [0.25, 0.3) is 10.9 Å². The van der Waals surface area contributed by atoms with E-state index in [0.29, 0.717) is 66.7 Å². The Labute approximate surface area is 265 Å². The van der Waals surface area contributed by atoms with Crippen molar-refractivity contribution in [3.8, 4) is 23.1 Å². The minimum absolute atomic E-state index is 0.0147. The molecule has 3 heterocycles. The van der Waals surface area contributed by atoms with Crippen LogP contribution in [0.1, 0.15) is 30.4 Å². The Bertz CT molecular complexity index is 1550. The average Bonchev–Trinajstić information content (AvgIpc) is 3.06. The molecule has 0 spiro atoms. The maximum absolute atomic E-state index is 12.8. The highest BCUT2D eigenvalue weighted by Crippen LogP contribution is 2.38. The van der Waals surface area contributed by atoms with E-state index < -0.39 is 0 Å². The second-order valence-corrected chi connectivity index (χ2v) is 11.9. The molecule has 236 valence electrons. The molecule has 2 saturated heterocycles. The van der Waals surface area contributed by atoms with Gasteiger partial charge in [0.1, 0.15) is 47.5 Å². The zero-order chi connectivity index (χ0) is 30.8. The number of ether oxygens (including phenoxy) is 4. The Morgan fingerprint density at radius 3 is 2.53 bits per heavy atom. The molecule has 0 radical (unpaired) electrons. The van der Waals surface area contributed by atoms with E-state index in [1.807, 2.05) is 54.6 Å². The molecule has 2 aliphatic rings. The number of nitrogens with zero attached hydrogens (tertiary/aromatic N) is 4. The Balaban J connectivity index is 1.18. The number of carbonyl (C=O) groups excluding carboxylic acids is 1. The van der Waals surface area contributed by atoms with Crippen molar-refractivity contribution in [2.75, 3.05) is 59.6 Å². The van der Waals surface area contributed by atoms with Crippen LogP contribution in [0.3, 0.4) is 0 Å². The van der Waals surface area contributed by atoms with E-state index in [1.165, 1.54) is 11.9 Å². The summed E-state index contributed by atoms with van der Waals surface area (Å²) >= 11 is 0. The summed E-state index contributed by atoms with van der Waals surface area (Å²) in [5.74, 6) is 2.54. The van der Waals surface area contributed by atoms with Crippen LogP contribution in [0.5, 0.6) is 23.1 Å². The Morgan fingerprint density at radius 1 is 0.911 bits per heavy atom. The van der Waals surface area contributed by atoms with E-state index in [2.05, 4.69) is 38.9 Å². The van der Waals surface area contributed by atoms with Crippen molar-refractivity contribution >= 4 is 16.7 Å². The maximum Gasteiger partial charge on any atom is 0.233 e. The number of aryl methyl sites for hydroxylation is 1. The van der Waals surface area contributed by atoms with Gasteiger partial charge in [-0.25, -0.2) is 9.97 Å². The first-order chi connectivity index (χ1) is 22.1. The highest BCUT2D eigenvalue weighted by atomic mass is 16.5. The molecule has 9 nitrogen and oxygen atoms in total. The number of hydrogen-bond donors (Lipinski definition) is 0. The lowest BCUT2D eigenvalue weighted by Crippen LogP contribution is -2.45. The lowest BCUT2D eigenvalue weighted by Gasteiger charge is -2.32. The smallest absolute Gasteiger partial charge is 0.233 e. The number of Topliss-reactive ketones (excluding diaryl/α,β-unsaturated/α-hetero) is 1. The van der Waals surface area contributed by atoms with Gasteiger partial charge in [0.25, 0.3) is 0 Å². The molecule has 0 atom stereocenters. The third-order valence-electron chi connectivity index (χ3n) is 8.42. The Morgan fingerprint density at radius 2 is 1.71 bits per heavy atom. The fourth-order valence-corrected chi connectivity index (χ4v) is 5.77. The first-order valence-electron chi connectivity index (χ1n) is 16.0. The van der Waals surface area contributed by atoms with E-state index in [0.717, 1.165) is 57.5 Å². The minimum Gasteiger partial charge on any atom is -0.492 e. The first-order valence-corrected chi connectivity index (χ1v) is 16.0. The summed E-state index contributed by atoms with van der Waals surface area (Å²) in [6.07, 6.45) is 4.71. The Hall–Kier alpha value is -4.05. The van der Waals surface area contributed by atoms with Crippen molar-refractivity contribution in [2.24, 2.45) is 0 Å².